The Morgan fingerprint density at radius 2 is 1.64 bits per heavy atom. The van der Waals surface area contributed by atoms with Crippen molar-refractivity contribution in [1.29, 1.82) is 0 Å². The van der Waals surface area contributed by atoms with Gasteiger partial charge >= 0.3 is 0 Å². The van der Waals surface area contributed by atoms with E-state index in [1.165, 1.54) is 23.2 Å². The first-order chi connectivity index (χ1) is 20.4. The summed E-state index contributed by atoms with van der Waals surface area (Å²) in [6, 6.07) is 11.4. The highest BCUT2D eigenvalue weighted by atomic mass is 16.3. The summed E-state index contributed by atoms with van der Waals surface area (Å²) in [5.74, 6) is -1.45. The monoisotopic (exact) mass is 578 g/mol. The maximum atomic E-state index is 12.8. The van der Waals surface area contributed by atoms with Gasteiger partial charge in [0.15, 0.2) is 0 Å². The Morgan fingerprint density at radius 1 is 0.929 bits per heavy atom. The van der Waals surface area contributed by atoms with Crippen molar-refractivity contribution in [3.8, 4) is 5.75 Å². The molecule has 4 aromatic rings. The summed E-state index contributed by atoms with van der Waals surface area (Å²) < 4.78 is 0. The molecule has 222 valence electrons. The van der Waals surface area contributed by atoms with Gasteiger partial charge in [-0.05, 0) is 24.6 Å². The van der Waals surface area contributed by atoms with Gasteiger partial charge in [-0.2, -0.15) is 15.0 Å². The number of nitrogens with two attached hydrogens (primary N) is 2. The maximum Gasteiger partial charge on any atom is 0.296 e. The third-order valence-corrected chi connectivity index (χ3v) is 6.27. The molecule has 0 saturated carbocycles. The minimum absolute atomic E-state index is 0.0308. The van der Waals surface area contributed by atoms with Crippen LogP contribution in [0.3, 0.4) is 0 Å². The molecular weight excluding hydrogens is 544 g/mol. The number of anilines is 5. The second kappa shape index (κ2) is 14.2. The van der Waals surface area contributed by atoms with E-state index in [-0.39, 0.29) is 48.0 Å². The van der Waals surface area contributed by atoms with Crippen LogP contribution < -0.4 is 31.9 Å². The number of aliphatic hydroxyl groups is 2. The molecule has 42 heavy (non-hydrogen) atoms. The second-order valence-electron chi connectivity index (χ2n) is 9.19. The van der Waals surface area contributed by atoms with Gasteiger partial charge in [0, 0.05) is 68.2 Å². The van der Waals surface area contributed by atoms with Gasteiger partial charge in [-0.1, -0.05) is 18.2 Å². The molecule has 2 aromatic carbocycles. The van der Waals surface area contributed by atoms with E-state index >= 15 is 0 Å². The van der Waals surface area contributed by atoms with E-state index < -0.39 is 18.4 Å². The molecule has 0 radical (unpaired) electrons. The standard InChI is InChI=1S/C27H34N10O5/c28-8-11-36(12-9-29)26-33-25(34-27(35-26)37(16-39)10-3-13-38)31-17-6-7-21(22(40)14-17)32-24(42)23(41)19-15-30-20-5-2-1-4-18(19)20/h1-2,4-7,14-15,30,38-40H,3,8-13,16,28-29H2,(H,32,42)(H,31,33,34,35). The average Bonchev–Trinajstić information content (AvgIpc) is 3.42. The van der Waals surface area contributed by atoms with Crippen molar-refractivity contribution >= 4 is 51.8 Å². The maximum absolute atomic E-state index is 12.8. The summed E-state index contributed by atoms with van der Waals surface area (Å²) in [4.78, 5) is 45.0. The van der Waals surface area contributed by atoms with Crippen molar-refractivity contribution in [3.05, 3.63) is 54.2 Å². The fourth-order valence-electron chi connectivity index (χ4n) is 4.22. The van der Waals surface area contributed by atoms with Crippen LogP contribution in [0.2, 0.25) is 0 Å². The molecule has 0 atom stereocenters. The van der Waals surface area contributed by atoms with Crippen LogP contribution in [-0.4, -0.2) is 93.0 Å². The highest BCUT2D eigenvalue weighted by Crippen LogP contribution is 2.29. The van der Waals surface area contributed by atoms with Crippen LogP contribution in [0.15, 0.2) is 48.7 Å². The van der Waals surface area contributed by atoms with Crippen molar-refractivity contribution in [3.63, 3.8) is 0 Å². The second-order valence-corrected chi connectivity index (χ2v) is 9.19. The van der Waals surface area contributed by atoms with Gasteiger partial charge in [0.25, 0.3) is 11.7 Å². The van der Waals surface area contributed by atoms with Crippen LogP contribution in [0.25, 0.3) is 10.9 Å². The number of carbonyl (C=O) groups excluding carboxylic acids is 2. The molecule has 15 heteroatoms. The minimum Gasteiger partial charge on any atom is -0.506 e. The summed E-state index contributed by atoms with van der Waals surface area (Å²) in [5.41, 5.74) is 12.9. The molecule has 2 heterocycles. The Kier molecular flexibility index (Phi) is 10.2. The first-order valence-corrected chi connectivity index (χ1v) is 13.3. The van der Waals surface area contributed by atoms with Gasteiger partial charge in [-0.25, -0.2) is 0 Å². The van der Waals surface area contributed by atoms with E-state index in [1.807, 2.05) is 6.07 Å². The minimum atomic E-state index is -0.908. The molecule has 0 aliphatic rings. The number of nitrogens with one attached hydrogen (secondary N) is 3. The number of hydrogen-bond donors (Lipinski definition) is 8. The number of para-hydroxylation sites is 1. The Bertz CT molecular complexity index is 1520. The Hall–Kier alpha value is -4.83. The number of phenolic OH excluding ortho intramolecular Hbond substituents is 1. The summed E-state index contributed by atoms with van der Waals surface area (Å²) >= 11 is 0. The van der Waals surface area contributed by atoms with E-state index in [0.717, 1.165) is 5.52 Å². The van der Waals surface area contributed by atoms with Gasteiger partial charge in [0.05, 0.1) is 11.3 Å². The quantitative estimate of drug-likeness (QED) is 0.0416. The molecular formula is C27H34N10O5. The number of aromatic hydroxyl groups is 1. The van der Waals surface area contributed by atoms with Gasteiger partial charge in [0.1, 0.15) is 12.5 Å². The zero-order chi connectivity index (χ0) is 30.1. The smallest absolute Gasteiger partial charge is 0.296 e. The van der Waals surface area contributed by atoms with E-state index in [4.69, 9.17) is 11.5 Å². The van der Waals surface area contributed by atoms with Crippen molar-refractivity contribution < 1.29 is 24.9 Å². The molecule has 0 unspecified atom stereocenters. The number of H-pyrrole nitrogens is 1. The molecule has 2 aromatic heterocycles. The normalized spacial score (nSPS) is 11.0. The highest BCUT2D eigenvalue weighted by molar-refractivity contribution is 6.48. The Morgan fingerprint density at radius 3 is 2.31 bits per heavy atom. The summed E-state index contributed by atoms with van der Waals surface area (Å²) in [7, 11) is 0. The molecule has 1 amide bonds. The number of phenols is 1. The predicted molar refractivity (Wildman–Crippen MR) is 159 cm³/mol. The van der Waals surface area contributed by atoms with Crippen LogP contribution >= 0.6 is 0 Å². The lowest BCUT2D eigenvalue weighted by Crippen LogP contribution is -2.36. The van der Waals surface area contributed by atoms with Crippen molar-refractivity contribution in [1.82, 2.24) is 19.9 Å². The number of benzene rings is 2. The van der Waals surface area contributed by atoms with Crippen LogP contribution in [0.4, 0.5) is 29.2 Å². The number of ketones is 1. The molecule has 15 nitrogen and oxygen atoms in total. The number of carbonyl (C=O) groups is 2. The number of aromatic nitrogens is 4. The number of hydrogen-bond acceptors (Lipinski definition) is 13. The molecule has 0 bridgehead atoms. The third-order valence-electron chi connectivity index (χ3n) is 6.27. The summed E-state index contributed by atoms with van der Waals surface area (Å²) in [6.45, 7) is 1.29. The number of aliphatic hydroxyl groups excluding tert-OH is 2. The molecule has 0 aliphatic heterocycles. The molecule has 0 saturated heterocycles. The van der Waals surface area contributed by atoms with Crippen molar-refractivity contribution in [2.45, 2.75) is 6.42 Å². The lowest BCUT2D eigenvalue weighted by atomic mass is 10.1. The zero-order valence-corrected chi connectivity index (χ0v) is 22.8. The Balaban J connectivity index is 1.55. The van der Waals surface area contributed by atoms with Gasteiger partial charge in [-0.15, -0.1) is 0 Å². The fourth-order valence-corrected chi connectivity index (χ4v) is 4.22. The molecule has 0 aliphatic carbocycles. The molecule has 4 rings (SSSR count). The average molecular weight is 579 g/mol. The lowest BCUT2D eigenvalue weighted by molar-refractivity contribution is -0.112. The number of aromatic amines is 1. The SMILES string of the molecule is NCCN(CCN)c1nc(Nc2ccc(NC(=O)C(=O)c3c[nH]c4ccccc34)c(O)c2)nc(N(CO)CCCO)n1. The molecule has 10 N–H and O–H groups in total. The molecule has 0 fully saturated rings. The van der Waals surface area contributed by atoms with Crippen LogP contribution in [0.5, 0.6) is 5.75 Å². The third kappa shape index (κ3) is 7.08. The van der Waals surface area contributed by atoms with Crippen molar-refractivity contribution in [2.24, 2.45) is 11.5 Å². The molecule has 0 spiro atoms. The number of nitrogens with zero attached hydrogens (tertiary/aromatic N) is 5. The van der Waals surface area contributed by atoms with E-state index in [1.54, 1.807) is 29.2 Å². The van der Waals surface area contributed by atoms with Crippen LogP contribution in [0.1, 0.15) is 16.8 Å². The zero-order valence-electron chi connectivity index (χ0n) is 22.8. The summed E-state index contributed by atoms with van der Waals surface area (Å²) in [6.07, 6.45) is 1.85. The Labute approximate surface area is 241 Å². The van der Waals surface area contributed by atoms with E-state index in [0.29, 0.717) is 43.7 Å². The predicted octanol–water partition coefficient (Wildman–Crippen LogP) is 0.486. The number of rotatable bonds is 15. The lowest BCUT2D eigenvalue weighted by Gasteiger charge is -2.25. The summed E-state index contributed by atoms with van der Waals surface area (Å²) in [5, 5.41) is 35.8. The van der Waals surface area contributed by atoms with E-state index in [2.05, 4.69) is 30.6 Å². The topological polar surface area (TPSA) is 232 Å². The number of Topliss-reactive ketones (excluding diaryl/α,β-unsaturated/α-hetero) is 1. The number of amides is 1. The fraction of sp³-hybridized carbons (Fsp3) is 0.296. The van der Waals surface area contributed by atoms with Gasteiger partial charge in [0.2, 0.25) is 17.8 Å². The van der Waals surface area contributed by atoms with Gasteiger partial charge in [-0.3, -0.25) is 9.59 Å². The van der Waals surface area contributed by atoms with Crippen LogP contribution in [-0.2, 0) is 4.79 Å². The first-order valence-electron chi connectivity index (χ1n) is 13.3. The first kappa shape index (κ1) is 30.1. The highest BCUT2D eigenvalue weighted by Gasteiger charge is 2.21. The van der Waals surface area contributed by atoms with Crippen molar-refractivity contribution in [2.75, 3.05) is 66.5 Å². The largest absolute Gasteiger partial charge is 0.506 e. The van der Waals surface area contributed by atoms with E-state index in [9.17, 15) is 24.9 Å². The van der Waals surface area contributed by atoms with Gasteiger partial charge < -0.3 is 52.2 Å². The number of fused-ring (bicyclic) bond motifs is 1. The van der Waals surface area contributed by atoms with Crippen LogP contribution in [0, 0.1) is 0 Å².